The van der Waals surface area contributed by atoms with Crippen LogP contribution in [0.5, 0.6) is 5.75 Å². The standard InChI is InChI=1S/C28H34N4O5S/c1-20-4-5-21(2)24(18-20)38(34,35)32-16-13-28(14-17-32)12-15-31(19-28)26(33)11-10-25-29-27(30-37-25)22-6-8-23(36-3)9-7-22/h4-9,18H,10-17,19H2,1-3H3. The van der Waals surface area contributed by atoms with Crippen molar-refractivity contribution >= 4 is 15.9 Å². The number of nitrogens with zero attached hydrogens (tertiary/aromatic N) is 4. The molecular formula is C28H34N4O5S. The molecule has 9 nitrogen and oxygen atoms in total. The summed E-state index contributed by atoms with van der Waals surface area (Å²) in [6.07, 6.45) is 3.10. The lowest BCUT2D eigenvalue weighted by molar-refractivity contribution is -0.130. The van der Waals surface area contributed by atoms with Gasteiger partial charge in [0.05, 0.1) is 12.0 Å². The van der Waals surface area contributed by atoms with Crippen LogP contribution in [-0.4, -0.2) is 67.0 Å². The largest absolute Gasteiger partial charge is 0.497 e. The number of piperidine rings is 1. The molecule has 0 radical (unpaired) electrons. The summed E-state index contributed by atoms with van der Waals surface area (Å²) in [6.45, 7) is 6.08. The number of benzene rings is 2. The summed E-state index contributed by atoms with van der Waals surface area (Å²) in [5, 5.41) is 4.04. The molecule has 0 N–H and O–H groups in total. The number of rotatable bonds is 7. The van der Waals surface area contributed by atoms with Gasteiger partial charge in [-0.15, -0.1) is 0 Å². The first-order chi connectivity index (χ1) is 18.2. The Bertz CT molecular complexity index is 1410. The summed E-state index contributed by atoms with van der Waals surface area (Å²) in [6, 6.07) is 12.9. The van der Waals surface area contributed by atoms with Crippen molar-refractivity contribution in [2.75, 3.05) is 33.3 Å². The van der Waals surface area contributed by atoms with Crippen LogP contribution >= 0.6 is 0 Å². The zero-order chi connectivity index (χ0) is 26.9. The summed E-state index contributed by atoms with van der Waals surface area (Å²) in [7, 11) is -1.92. The van der Waals surface area contributed by atoms with Crippen LogP contribution in [0, 0.1) is 19.3 Å². The molecule has 2 fully saturated rings. The fourth-order valence-electron chi connectivity index (χ4n) is 5.47. The van der Waals surface area contributed by atoms with Crippen LogP contribution < -0.4 is 4.74 Å². The van der Waals surface area contributed by atoms with Gasteiger partial charge in [-0.1, -0.05) is 17.3 Å². The maximum atomic E-state index is 13.3. The Hall–Kier alpha value is -3.24. The Balaban J connectivity index is 1.14. The van der Waals surface area contributed by atoms with Crippen molar-refractivity contribution in [1.82, 2.24) is 19.3 Å². The third kappa shape index (κ3) is 5.33. The molecule has 1 spiro atoms. The van der Waals surface area contributed by atoms with E-state index in [4.69, 9.17) is 9.26 Å². The monoisotopic (exact) mass is 538 g/mol. The quantitative estimate of drug-likeness (QED) is 0.448. The normalized spacial score (nSPS) is 17.7. The molecule has 2 aliphatic heterocycles. The smallest absolute Gasteiger partial charge is 0.243 e. The Morgan fingerprint density at radius 2 is 1.76 bits per heavy atom. The number of aromatic nitrogens is 2. The lowest BCUT2D eigenvalue weighted by Gasteiger charge is -2.38. The molecule has 202 valence electrons. The van der Waals surface area contributed by atoms with Crippen molar-refractivity contribution < 1.29 is 22.5 Å². The molecule has 1 amide bonds. The average molecular weight is 539 g/mol. The summed E-state index contributed by atoms with van der Waals surface area (Å²) >= 11 is 0. The van der Waals surface area contributed by atoms with E-state index in [9.17, 15) is 13.2 Å². The number of carbonyl (C=O) groups is 1. The number of aryl methyl sites for hydroxylation is 3. The second-order valence-corrected chi connectivity index (χ2v) is 12.4. The van der Waals surface area contributed by atoms with Crippen LogP contribution in [0.4, 0.5) is 0 Å². The third-order valence-corrected chi connectivity index (χ3v) is 9.95. The van der Waals surface area contributed by atoms with Crippen molar-refractivity contribution in [1.29, 1.82) is 0 Å². The van der Waals surface area contributed by atoms with Crippen LogP contribution in [0.1, 0.15) is 42.7 Å². The van der Waals surface area contributed by atoms with Gasteiger partial charge in [-0.05, 0) is 80.0 Å². The highest BCUT2D eigenvalue weighted by atomic mass is 32.2. The Morgan fingerprint density at radius 3 is 2.47 bits per heavy atom. The molecule has 0 atom stereocenters. The summed E-state index contributed by atoms with van der Waals surface area (Å²) in [5.74, 6) is 1.73. The van der Waals surface area contributed by atoms with Gasteiger partial charge in [0.2, 0.25) is 27.6 Å². The lowest BCUT2D eigenvalue weighted by atomic mass is 9.78. The van der Waals surface area contributed by atoms with Crippen molar-refractivity contribution in [2.45, 2.75) is 50.8 Å². The van der Waals surface area contributed by atoms with Gasteiger partial charge in [-0.3, -0.25) is 4.79 Å². The van der Waals surface area contributed by atoms with E-state index in [1.165, 1.54) is 0 Å². The zero-order valence-electron chi connectivity index (χ0n) is 22.1. The number of amides is 1. The van der Waals surface area contributed by atoms with Gasteiger partial charge in [0, 0.05) is 44.6 Å². The summed E-state index contributed by atoms with van der Waals surface area (Å²) < 4.78 is 38.8. The minimum absolute atomic E-state index is 0.0185. The second kappa shape index (κ2) is 10.5. The molecule has 2 aliphatic rings. The molecule has 1 aromatic heterocycles. The van der Waals surface area contributed by atoms with Gasteiger partial charge in [0.15, 0.2) is 0 Å². The highest BCUT2D eigenvalue weighted by Gasteiger charge is 2.44. The molecule has 5 rings (SSSR count). The van der Waals surface area contributed by atoms with E-state index < -0.39 is 10.0 Å². The number of methoxy groups -OCH3 is 1. The molecule has 0 unspecified atom stereocenters. The minimum atomic E-state index is -3.53. The van der Waals surface area contributed by atoms with Gasteiger partial charge >= 0.3 is 0 Å². The van der Waals surface area contributed by atoms with Crippen molar-refractivity contribution in [3.63, 3.8) is 0 Å². The van der Waals surface area contributed by atoms with Gasteiger partial charge in [-0.2, -0.15) is 9.29 Å². The van der Waals surface area contributed by atoms with E-state index in [2.05, 4.69) is 10.1 Å². The fraction of sp³-hybridized carbons (Fsp3) is 0.464. The van der Waals surface area contributed by atoms with Crippen molar-refractivity contribution in [3.8, 4) is 17.1 Å². The topological polar surface area (TPSA) is 106 Å². The van der Waals surface area contributed by atoms with Crippen LogP contribution in [0.2, 0.25) is 0 Å². The van der Waals surface area contributed by atoms with Gasteiger partial charge < -0.3 is 14.2 Å². The first-order valence-corrected chi connectivity index (χ1v) is 14.5. The predicted octanol–water partition coefficient (Wildman–Crippen LogP) is 4.00. The van der Waals surface area contributed by atoms with Crippen molar-refractivity contribution in [3.05, 3.63) is 59.5 Å². The number of likely N-dealkylation sites (tertiary alicyclic amines) is 1. The third-order valence-electron chi connectivity index (χ3n) is 7.90. The number of ether oxygens (including phenoxy) is 1. The number of hydrogen-bond donors (Lipinski definition) is 0. The molecule has 0 bridgehead atoms. The molecule has 10 heteroatoms. The van der Waals surface area contributed by atoms with E-state index >= 15 is 0 Å². The molecule has 3 heterocycles. The number of sulfonamides is 1. The highest BCUT2D eigenvalue weighted by molar-refractivity contribution is 7.89. The summed E-state index contributed by atoms with van der Waals surface area (Å²) in [5.41, 5.74) is 2.51. The maximum Gasteiger partial charge on any atom is 0.243 e. The van der Waals surface area contributed by atoms with Crippen LogP contribution in [0.25, 0.3) is 11.4 Å². The van der Waals surface area contributed by atoms with Crippen LogP contribution in [-0.2, 0) is 21.2 Å². The van der Waals surface area contributed by atoms with E-state index in [0.717, 1.165) is 41.7 Å². The maximum absolute atomic E-state index is 13.3. The van der Waals surface area contributed by atoms with Crippen molar-refractivity contribution in [2.24, 2.45) is 5.41 Å². The predicted molar refractivity (Wildman–Crippen MR) is 142 cm³/mol. The van der Waals surface area contributed by atoms with Crippen LogP contribution in [0.15, 0.2) is 51.9 Å². The van der Waals surface area contributed by atoms with Crippen LogP contribution in [0.3, 0.4) is 0 Å². The number of carbonyl (C=O) groups excluding carboxylic acids is 1. The molecule has 0 aliphatic carbocycles. The molecule has 2 aromatic carbocycles. The van der Waals surface area contributed by atoms with Gasteiger partial charge in [-0.25, -0.2) is 8.42 Å². The van der Waals surface area contributed by atoms with Gasteiger partial charge in [0.25, 0.3) is 0 Å². The zero-order valence-corrected chi connectivity index (χ0v) is 23.0. The highest BCUT2D eigenvalue weighted by Crippen LogP contribution is 2.42. The first-order valence-electron chi connectivity index (χ1n) is 13.0. The lowest BCUT2D eigenvalue weighted by Crippen LogP contribution is -2.44. The Labute approximate surface area is 223 Å². The van der Waals surface area contributed by atoms with Gasteiger partial charge in [0.1, 0.15) is 5.75 Å². The second-order valence-electron chi connectivity index (χ2n) is 10.5. The average Bonchev–Trinajstić information content (AvgIpc) is 3.57. The summed E-state index contributed by atoms with van der Waals surface area (Å²) in [4.78, 5) is 19.7. The van der Waals surface area contributed by atoms with E-state index in [1.807, 2.05) is 55.1 Å². The fourth-order valence-corrected chi connectivity index (χ4v) is 7.22. The SMILES string of the molecule is COc1ccc(-c2noc(CCC(=O)N3CCC4(CCN(S(=O)(=O)c5cc(C)ccc5C)CC4)C3)n2)cc1. The molecule has 2 saturated heterocycles. The molecular weight excluding hydrogens is 504 g/mol. The molecule has 38 heavy (non-hydrogen) atoms. The van der Waals surface area contributed by atoms with E-state index in [0.29, 0.717) is 55.6 Å². The van der Waals surface area contributed by atoms with E-state index in [-0.39, 0.29) is 11.3 Å². The molecule has 3 aromatic rings. The van der Waals surface area contributed by atoms with E-state index in [1.54, 1.807) is 17.5 Å². The molecule has 0 saturated carbocycles. The minimum Gasteiger partial charge on any atom is -0.497 e. The Morgan fingerprint density at radius 1 is 1.05 bits per heavy atom. The first kappa shape index (κ1) is 26.4. The number of hydrogen-bond acceptors (Lipinski definition) is 7. The Kier molecular flexibility index (Phi) is 7.28.